The smallest absolute Gasteiger partial charge is 0.481 e. The largest absolute Gasteiger partial charge is 0.574 e. The molecule has 0 unspecified atom stereocenters. The molecule has 0 saturated heterocycles. The van der Waals surface area contributed by atoms with E-state index in [0.717, 1.165) is 6.92 Å². The quantitative estimate of drug-likeness (QED) is 0.666. The Bertz CT molecular complexity index is 529. The van der Waals surface area contributed by atoms with Crippen LogP contribution in [0.1, 0.15) is 11.1 Å². The maximum atomic E-state index is 12.1. The second-order valence-corrected chi connectivity index (χ2v) is 3.43. The summed E-state index contributed by atoms with van der Waals surface area (Å²) in [4.78, 5) is 23.5. The van der Waals surface area contributed by atoms with Gasteiger partial charge in [-0.1, -0.05) is 0 Å². The van der Waals surface area contributed by atoms with Crippen molar-refractivity contribution in [1.29, 1.82) is 0 Å². The van der Waals surface area contributed by atoms with Crippen LogP contribution in [0.4, 0.5) is 18.9 Å². The second kappa shape index (κ2) is 5.08. The molecule has 104 valence electrons. The average molecular weight is 280 g/mol. The van der Waals surface area contributed by atoms with Crippen molar-refractivity contribution in [3.63, 3.8) is 0 Å². The lowest BCUT2D eigenvalue weighted by Gasteiger charge is -2.12. The lowest BCUT2D eigenvalue weighted by molar-refractivity contribution is -0.385. The van der Waals surface area contributed by atoms with Crippen LogP contribution >= 0.6 is 0 Å². The number of carboxylic acid groups (broad SMARTS) is 1. The molecular weight excluding hydrogens is 273 g/mol. The zero-order valence-corrected chi connectivity index (χ0v) is 9.39. The molecule has 1 N–H and O–H groups in total. The number of ether oxygens (including phenoxy) is 1. The van der Waals surface area contributed by atoms with Gasteiger partial charge in [0, 0.05) is 11.1 Å². The standard InChI is InChI=1S/C9H7F3N2O5/c1-4-5(2-7(15)16)8(19-9(10,11)12)13-3-6(4)14(17)18/h3H,2H2,1H3,(H,15,16). The van der Waals surface area contributed by atoms with Crippen molar-refractivity contribution in [2.45, 2.75) is 19.7 Å². The highest BCUT2D eigenvalue weighted by Gasteiger charge is 2.34. The zero-order valence-electron chi connectivity index (χ0n) is 9.39. The summed E-state index contributed by atoms with van der Waals surface area (Å²) < 4.78 is 39.9. The van der Waals surface area contributed by atoms with Gasteiger partial charge in [-0.15, -0.1) is 13.2 Å². The molecule has 0 radical (unpaired) electrons. The Kier molecular flexibility index (Phi) is 3.92. The Labute approximate surface area is 103 Å². The van der Waals surface area contributed by atoms with Gasteiger partial charge in [0.2, 0.25) is 5.88 Å². The minimum Gasteiger partial charge on any atom is -0.481 e. The van der Waals surface area contributed by atoms with E-state index in [1.54, 1.807) is 0 Å². The van der Waals surface area contributed by atoms with Gasteiger partial charge in [-0.25, -0.2) is 4.98 Å². The number of nitro groups is 1. The van der Waals surface area contributed by atoms with E-state index in [0.29, 0.717) is 6.20 Å². The first-order valence-corrected chi connectivity index (χ1v) is 4.72. The third-order valence-corrected chi connectivity index (χ3v) is 2.14. The van der Waals surface area contributed by atoms with Crippen molar-refractivity contribution < 1.29 is 32.7 Å². The van der Waals surface area contributed by atoms with Crippen LogP contribution in [0.25, 0.3) is 0 Å². The molecule has 0 amide bonds. The molecule has 1 rings (SSSR count). The molecule has 0 atom stereocenters. The number of carbonyl (C=O) groups is 1. The summed E-state index contributed by atoms with van der Waals surface area (Å²) in [5.74, 6) is -2.46. The number of hydrogen-bond acceptors (Lipinski definition) is 5. The highest BCUT2D eigenvalue weighted by atomic mass is 19.4. The van der Waals surface area contributed by atoms with Gasteiger partial charge in [-0.2, -0.15) is 0 Å². The number of halogens is 3. The molecule has 1 heterocycles. The molecule has 0 fully saturated rings. The van der Waals surface area contributed by atoms with Gasteiger partial charge in [0.1, 0.15) is 6.20 Å². The molecule has 1 aromatic rings. The molecule has 10 heteroatoms. The minimum atomic E-state index is -5.07. The summed E-state index contributed by atoms with van der Waals surface area (Å²) in [7, 11) is 0. The highest BCUT2D eigenvalue weighted by molar-refractivity contribution is 5.72. The normalized spacial score (nSPS) is 11.2. The lowest BCUT2D eigenvalue weighted by Crippen LogP contribution is -2.20. The highest BCUT2D eigenvalue weighted by Crippen LogP contribution is 2.31. The van der Waals surface area contributed by atoms with Crippen LogP contribution in [0.15, 0.2) is 6.20 Å². The molecular formula is C9H7F3N2O5. The molecule has 0 saturated carbocycles. The van der Waals surface area contributed by atoms with Crippen LogP contribution < -0.4 is 4.74 Å². The monoisotopic (exact) mass is 280 g/mol. The minimum absolute atomic E-state index is 0.235. The van der Waals surface area contributed by atoms with Crippen molar-refractivity contribution in [3.8, 4) is 5.88 Å². The zero-order chi connectivity index (χ0) is 14.8. The summed E-state index contributed by atoms with van der Waals surface area (Å²) >= 11 is 0. The number of pyridine rings is 1. The maximum Gasteiger partial charge on any atom is 0.574 e. The van der Waals surface area contributed by atoms with Crippen molar-refractivity contribution in [2.24, 2.45) is 0 Å². The maximum absolute atomic E-state index is 12.1. The van der Waals surface area contributed by atoms with E-state index in [1.807, 2.05) is 0 Å². The van der Waals surface area contributed by atoms with Gasteiger partial charge < -0.3 is 9.84 Å². The fourth-order valence-corrected chi connectivity index (χ4v) is 1.35. The number of carboxylic acids is 1. The Morgan fingerprint density at radius 1 is 1.58 bits per heavy atom. The Hall–Kier alpha value is -2.39. The van der Waals surface area contributed by atoms with E-state index in [4.69, 9.17) is 5.11 Å². The first-order valence-electron chi connectivity index (χ1n) is 4.72. The number of hydrogen-bond donors (Lipinski definition) is 1. The van der Waals surface area contributed by atoms with Crippen LogP contribution in [-0.2, 0) is 11.2 Å². The molecule has 0 aromatic carbocycles. The number of rotatable bonds is 4. The summed E-state index contributed by atoms with van der Waals surface area (Å²) in [6.07, 6.45) is -5.35. The van der Waals surface area contributed by atoms with Gasteiger partial charge in [0.05, 0.1) is 11.3 Å². The molecule has 7 nitrogen and oxygen atoms in total. The van der Waals surface area contributed by atoms with Crippen molar-refractivity contribution in [3.05, 3.63) is 27.4 Å². The molecule has 0 spiro atoms. The Morgan fingerprint density at radius 3 is 2.58 bits per heavy atom. The number of aromatic nitrogens is 1. The third kappa shape index (κ3) is 3.79. The van der Waals surface area contributed by atoms with Crippen LogP contribution in [-0.4, -0.2) is 27.3 Å². The first kappa shape index (κ1) is 14.7. The number of alkyl halides is 3. The van der Waals surface area contributed by atoms with E-state index in [9.17, 15) is 28.1 Å². The predicted molar refractivity (Wildman–Crippen MR) is 53.7 cm³/mol. The predicted octanol–water partition coefficient (Wildman–Crippen LogP) is 1.82. The van der Waals surface area contributed by atoms with Crippen molar-refractivity contribution in [2.75, 3.05) is 0 Å². The van der Waals surface area contributed by atoms with Crippen LogP contribution in [0.2, 0.25) is 0 Å². The second-order valence-electron chi connectivity index (χ2n) is 3.43. The van der Waals surface area contributed by atoms with Crippen molar-refractivity contribution in [1.82, 2.24) is 4.98 Å². The topological polar surface area (TPSA) is 103 Å². The number of nitrogens with zero attached hydrogens (tertiary/aromatic N) is 2. The van der Waals surface area contributed by atoms with Gasteiger partial charge in [-0.3, -0.25) is 14.9 Å². The first-order chi connectivity index (χ1) is 8.61. The molecule has 0 bridgehead atoms. The summed E-state index contributed by atoms with van der Waals surface area (Å²) in [6.45, 7) is 1.13. The van der Waals surface area contributed by atoms with Gasteiger partial charge in [0.15, 0.2) is 0 Å². The molecule has 1 aromatic heterocycles. The van der Waals surface area contributed by atoms with E-state index in [2.05, 4.69) is 9.72 Å². The van der Waals surface area contributed by atoms with Gasteiger partial charge >= 0.3 is 12.3 Å². The third-order valence-electron chi connectivity index (χ3n) is 2.14. The van der Waals surface area contributed by atoms with E-state index >= 15 is 0 Å². The summed E-state index contributed by atoms with van der Waals surface area (Å²) in [5, 5.41) is 19.2. The van der Waals surface area contributed by atoms with Crippen LogP contribution in [0, 0.1) is 17.0 Å². The summed E-state index contributed by atoms with van der Waals surface area (Å²) in [5.41, 5.74) is -1.30. The van der Waals surface area contributed by atoms with E-state index < -0.39 is 40.8 Å². The summed E-state index contributed by atoms with van der Waals surface area (Å²) in [6, 6.07) is 0. The average Bonchev–Trinajstić information content (AvgIpc) is 2.20. The van der Waals surface area contributed by atoms with Crippen molar-refractivity contribution >= 4 is 11.7 Å². The lowest BCUT2D eigenvalue weighted by atomic mass is 10.1. The van der Waals surface area contributed by atoms with Crippen LogP contribution in [0.5, 0.6) is 5.88 Å². The molecule has 0 aliphatic carbocycles. The molecule has 0 aliphatic rings. The Morgan fingerprint density at radius 2 is 2.16 bits per heavy atom. The van der Waals surface area contributed by atoms with E-state index in [-0.39, 0.29) is 5.56 Å². The Balaban J connectivity index is 3.35. The molecule has 0 aliphatic heterocycles. The van der Waals surface area contributed by atoms with Crippen LogP contribution in [0.3, 0.4) is 0 Å². The van der Waals surface area contributed by atoms with Gasteiger partial charge in [0.25, 0.3) is 5.69 Å². The molecule has 19 heavy (non-hydrogen) atoms. The van der Waals surface area contributed by atoms with Gasteiger partial charge in [-0.05, 0) is 6.92 Å². The van der Waals surface area contributed by atoms with E-state index in [1.165, 1.54) is 0 Å². The fraction of sp³-hybridized carbons (Fsp3) is 0.333. The number of aliphatic carboxylic acids is 1. The SMILES string of the molecule is Cc1c([N+](=O)[O-])cnc(OC(F)(F)F)c1CC(=O)O. The fourth-order valence-electron chi connectivity index (χ4n) is 1.35.